The van der Waals surface area contributed by atoms with E-state index in [0.717, 1.165) is 51.5 Å². The number of rotatable bonds is 4. The highest BCUT2D eigenvalue weighted by Gasteiger charge is 2.27. The minimum atomic E-state index is -0.644. The van der Waals surface area contributed by atoms with E-state index in [1.165, 1.54) is 6.42 Å². The van der Waals surface area contributed by atoms with E-state index in [2.05, 4.69) is 5.32 Å². The smallest absolute Gasteiger partial charge is 0.306 e. The maximum atomic E-state index is 11.0. The van der Waals surface area contributed by atoms with E-state index in [1.54, 1.807) is 0 Å². The van der Waals surface area contributed by atoms with Crippen LogP contribution in [-0.2, 0) is 4.79 Å². The molecule has 0 aromatic heterocycles. The molecule has 2 rings (SSSR count). The Morgan fingerprint density at radius 1 is 1.11 bits per heavy atom. The Hall–Kier alpha value is -0.610. The van der Waals surface area contributed by atoms with Gasteiger partial charge in [0.15, 0.2) is 0 Å². The lowest BCUT2D eigenvalue weighted by molar-refractivity contribution is -0.143. The summed E-state index contributed by atoms with van der Waals surface area (Å²) in [4.78, 5) is 11.0. The zero-order valence-corrected chi connectivity index (χ0v) is 11.0. The number of nitrogens with one attached hydrogen (secondary N) is 1. The first-order chi connectivity index (χ1) is 8.65. The number of carboxylic acids is 1. The molecule has 18 heavy (non-hydrogen) atoms. The zero-order chi connectivity index (χ0) is 13.0. The van der Waals surface area contributed by atoms with Gasteiger partial charge < -0.3 is 15.5 Å². The maximum absolute atomic E-state index is 11.0. The molecule has 2 saturated carbocycles. The zero-order valence-electron chi connectivity index (χ0n) is 11.0. The Labute approximate surface area is 109 Å². The van der Waals surface area contributed by atoms with E-state index < -0.39 is 5.97 Å². The summed E-state index contributed by atoms with van der Waals surface area (Å²) in [5.41, 5.74) is 0. The molecule has 2 fully saturated rings. The molecule has 104 valence electrons. The van der Waals surface area contributed by atoms with Crippen molar-refractivity contribution in [2.45, 2.75) is 63.5 Å². The molecule has 3 N–H and O–H groups in total. The van der Waals surface area contributed by atoms with Crippen molar-refractivity contribution in [3.8, 4) is 0 Å². The molecule has 4 heteroatoms. The van der Waals surface area contributed by atoms with Crippen molar-refractivity contribution in [2.75, 3.05) is 6.54 Å². The van der Waals surface area contributed by atoms with Gasteiger partial charge in [-0.3, -0.25) is 4.79 Å². The Balaban J connectivity index is 1.71. The van der Waals surface area contributed by atoms with Crippen LogP contribution in [0.3, 0.4) is 0 Å². The van der Waals surface area contributed by atoms with Crippen LogP contribution in [0.25, 0.3) is 0 Å². The molecule has 2 aliphatic rings. The van der Waals surface area contributed by atoms with Crippen molar-refractivity contribution in [1.82, 2.24) is 5.32 Å². The molecule has 0 aromatic rings. The summed E-state index contributed by atoms with van der Waals surface area (Å²) < 4.78 is 0. The summed E-state index contributed by atoms with van der Waals surface area (Å²) in [6.45, 7) is 0.939. The number of aliphatic hydroxyl groups is 1. The number of aliphatic carboxylic acids is 1. The van der Waals surface area contributed by atoms with Crippen LogP contribution in [0.2, 0.25) is 0 Å². The standard InChI is InChI=1S/C14H25NO3/c16-13-6-1-3-10(7-13)9-15-12-5-2-4-11(8-12)14(17)18/h10-13,15-16H,1-9H2,(H,17,18). The largest absolute Gasteiger partial charge is 0.481 e. The van der Waals surface area contributed by atoms with Gasteiger partial charge in [-0.15, -0.1) is 0 Å². The monoisotopic (exact) mass is 255 g/mol. The predicted molar refractivity (Wildman–Crippen MR) is 69.3 cm³/mol. The number of hydrogen-bond acceptors (Lipinski definition) is 3. The third-order valence-corrected chi connectivity index (χ3v) is 4.47. The average Bonchev–Trinajstić information content (AvgIpc) is 2.37. The van der Waals surface area contributed by atoms with Crippen LogP contribution >= 0.6 is 0 Å². The number of hydrogen-bond donors (Lipinski definition) is 3. The van der Waals surface area contributed by atoms with E-state index in [-0.39, 0.29) is 12.0 Å². The van der Waals surface area contributed by atoms with Crippen LogP contribution in [0.1, 0.15) is 51.4 Å². The van der Waals surface area contributed by atoms with E-state index in [1.807, 2.05) is 0 Å². The highest BCUT2D eigenvalue weighted by Crippen LogP contribution is 2.26. The van der Waals surface area contributed by atoms with Crippen LogP contribution in [-0.4, -0.2) is 34.9 Å². The second kappa shape index (κ2) is 6.53. The fourth-order valence-electron chi connectivity index (χ4n) is 3.38. The molecule has 0 heterocycles. The quantitative estimate of drug-likeness (QED) is 0.716. The summed E-state index contributed by atoms with van der Waals surface area (Å²) in [5, 5.41) is 22.2. The summed E-state index contributed by atoms with van der Waals surface area (Å²) in [7, 11) is 0. The van der Waals surface area contributed by atoms with Crippen molar-refractivity contribution in [1.29, 1.82) is 0 Å². The second-order valence-electron chi connectivity index (χ2n) is 5.99. The van der Waals surface area contributed by atoms with Crippen molar-refractivity contribution in [3.05, 3.63) is 0 Å². The Morgan fingerprint density at radius 3 is 2.61 bits per heavy atom. The molecule has 4 nitrogen and oxygen atoms in total. The van der Waals surface area contributed by atoms with Gasteiger partial charge in [-0.1, -0.05) is 12.8 Å². The number of carbonyl (C=O) groups is 1. The van der Waals surface area contributed by atoms with Crippen molar-refractivity contribution in [3.63, 3.8) is 0 Å². The van der Waals surface area contributed by atoms with Crippen LogP contribution < -0.4 is 5.32 Å². The Morgan fingerprint density at radius 2 is 1.89 bits per heavy atom. The molecule has 4 unspecified atom stereocenters. The third-order valence-electron chi connectivity index (χ3n) is 4.47. The molecule has 0 amide bonds. The van der Waals surface area contributed by atoms with Crippen LogP contribution in [0.15, 0.2) is 0 Å². The van der Waals surface area contributed by atoms with Gasteiger partial charge in [-0.05, 0) is 51.0 Å². The minimum Gasteiger partial charge on any atom is -0.481 e. The summed E-state index contributed by atoms with van der Waals surface area (Å²) in [5.74, 6) is -0.235. The van der Waals surface area contributed by atoms with Crippen molar-refractivity contribution in [2.24, 2.45) is 11.8 Å². The lowest BCUT2D eigenvalue weighted by Gasteiger charge is -2.31. The number of aliphatic hydroxyl groups excluding tert-OH is 1. The van der Waals surface area contributed by atoms with E-state index in [9.17, 15) is 9.90 Å². The first kappa shape index (κ1) is 13.8. The van der Waals surface area contributed by atoms with Gasteiger partial charge in [0.05, 0.1) is 12.0 Å². The van der Waals surface area contributed by atoms with E-state index in [0.29, 0.717) is 12.0 Å². The molecule has 0 aliphatic heterocycles. The van der Waals surface area contributed by atoms with Gasteiger partial charge in [0.1, 0.15) is 0 Å². The van der Waals surface area contributed by atoms with Crippen molar-refractivity contribution < 1.29 is 15.0 Å². The van der Waals surface area contributed by atoms with E-state index >= 15 is 0 Å². The molecule has 4 atom stereocenters. The lowest BCUT2D eigenvalue weighted by Crippen LogP contribution is -2.40. The molecule has 2 aliphatic carbocycles. The first-order valence-electron chi connectivity index (χ1n) is 7.29. The molecule has 0 saturated heterocycles. The second-order valence-corrected chi connectivity index (χ2v) is 5.99. The number of carboxylic acid groups (broad SMARTS) is 1. The maximum Gasteiger partial charge on any atom is 0.306 e. The Kier molecular flexibility index (Phi) is 5.01. The summed E-state index contributed by atoms with van der Waals surface area (Å²) in [6, 6.07) is 0.360. The van der Waals surface area contributed by atoms with Gasteiger partial charge in [-0.25, -0.2) is 0 Å². The van der Waals surface area contributed by atoms with Gasteiger partial charge in [-0.2, -0.15) is 0 Å². The normalized spacial score (nSPS) is 37.4. The average molecular weight is 255 g/mol. The Bertz CT molecular complexity index is 282. The topological polar surface area (TPSA) is 69.6 Å². The van der Waals surface area contributed by atoms with Crippen LogP contribution in [0.5, 0.6) is 0 Å². The lowest BCUT2D eigenvalue weighted by atomic mass is 9.84. The predicted octanol–water partition coefficient (Wildman–Crippen LogP) is 1.77. The molecule has 0 bridgehead atoms. The fraction of sp³-hybridized carbons (Fsp3) is 0.929. The van der Waals surface area contributed by atoms with Crippen molar-refractivity contribution >= 4 is 5.97 Å². The van der Waals surface area contributed by atoms with Gasteiger partial charge in [0.2, 0.25) is 0 Å². The first-order valence-corrected chi connectivity index (χ1v) is 7.29. The molecular formula is C14H25NO3. The van der Waals surface area contributed by atoms with Crippen LogP contribution in [0.4, 0.5) is 0 Å². The van der Waals surface area contributed by atoms with Gasteiger partial charge >= 0.3 is 5.97 Å². The molecule has 0 spiro atoms. The molecular weight excluding hydrogens is 230 g/mol. The van der Waals surface area contributed by atoms with Crippen LogP contribution in [0, 0.1) is 11.8 Å². The molecule has 0 radical (unpaired) electrons. The molecule has 0 aromatic carbocycles. The van der Waals surface area contributed by atoms with Gasteiger partial charge in [0, 0.05) is 6.04 Å². The highest BCUT2D eigenvalue weighted by atomic mass is 16.4. The SMILES string of the molecule is O=C(O)C1CCCC(NCC2CCCC(O)C2)C1. The van der Waals surface area contributed by atoms with E-state index in [4.69, 9.17) is 5.11 Å². The third kappa shape index (κ3) is 3.95. The fourth-order valence-corrected chi connectivity index (χ4v) is 3.38. The summed E-state index contributed by atoms with van der Waals surface area (Å²) in [6.07, 6.45) is 7.75. The van der Waals surface area contributed by atoms with Gasteiger partial charge in [0.25, 0.3) is 0 Å². The summed E-state index contributed by atoms with van der Waals surface area (Å²) >= 11 is 0. The minimum absolute atomic E-state index is 0.122. The highest BCUT2D eigenvalue weighted by molar-refractivity contribution is 5.70.